The van der Waals surface area contributed by atoms with E-state index >= 15 is 0 Å². The third-order valence-electron chi connectivity index (χ3n) is 5.24. The van der Waals surface area contributed by atoms with Crippen molar-refractivity contribution in [1.82, 2.24) is 14.5 Å². The van der Waals surface area contributed by atoms with E-state index in [0.29, 0.717) is 27.1 Å². The monoisotopic (exact) mass is 622 g/mol. The summed E-state index contributed by atoms with van der Waals surface area (Å²) in [6.45, 7) is 3.58. The maximum atomic E-state index is 13.7. The normalized spacial score (nSPS) is 11.9. The highest BCUT2D eigenvalue weighted by Gasteiger charge is 2.18. The molecule has 2 heterocycles. The maximum absolute atomic E-state index is 13.7. The van der Waals surface area contributed by atoms with Crippen molar-refractivity contribution in [3.63, 3.8) is 0 Å². The summed E-state index contributed by atoms with van der Waals surface area (Å²) in [6, 6.07) is 12.2. The van der Waals surface area contributed by atoms with Gasteiger partial charge in [0.2, 0.25) is 0 Å². The van der Waals surface area contributed by atoms with E-state index in [0.717, 1.165) is 5.56 Å². The molecule has 0 saturated heterocycles. The van der Waals surface area contributed by atoms with Crippen LogP contribution >= 0.6 is 38.9 Å². The number of fused-ring (bicyclic) bond motifs is 1. The molecule has 1 atom stereocenters. The summed E-state index contributed by atoms with van der Waals surface area (Å²) in [7, 11) is 0. The first-order valence-electron chi connectivity index (χ1n) is 9.82. The molecule has 10 heteroatoms. The van der Waals surface area contributed by atoms with Gasteiger partial charge in [0.15, 0.2) is 28.8 Å². The molecule has 0 bridgehead atoms. The number of carbonyl (C=O) groups is 1. The van der Waals surface area contributed by atoms with Gasteiger partial charge < -0.3 is 8.38 Å². The molecule has 0 saturated carbocycles. The van der Waals surface area contributed by atoms with Crippen LogP contribution in [0.5, 0.6) is 5.75 Å². The third kappa shape index (κ3) is 4.62. The number of anilines is 1. The van der Waals surface area contributed by atoms with Crippen LogP contribution in [0.1, 0.15) is 34.6 Å². The molecule has 168 valence electrons. The molecule has 0 aliphatic rings. The van der Waals surface area contributed by atoms with Crippen molar-refractivity contribution in [2.45, 2.75) is 19.9 Å². The zero-order chi connectivity index (χ0) is 23.7. The summed E-state index contributed by atoms with van der Waals surface area (Å²) in [5.74, 6) is -0.350. The molecule has 2 aromatic carbocycles. The van der Waals surface area contributed by atoms with Crippen LogP contribution in [-0.4, -0.2) is 20.4 Å². The third-order valence-corrected chi connectivity index (χ3v) is 6.21. The fourth-order valence-electron chi connectivity index (χ4n) is 3.50. The molecule has 4 aromatic rings. The van der Waals surface area contributed by atoms with E-state index in [2.05, 4.69) is 31.2 Å². The van der Waals surface area contributed by atoms with Crippen LogP contribution in [0.4, 0.5) is 10.1 Å². The Morgan fingerprint density at radius 1 is 1.24 bits per heavy atom. The molecule has 1 amide bonds. The minimum Gasteiger partial charge on any atom is -0.424 e. The lowest BCUT2D eigenvalue weighted by molar-refractivity contribution is 0.102. The Morgan fingerprint density at radius 3 is 2.70 bits per heavy atom. The number of aromatic nitrogens is 3. The van der Waals surface area contributed by atoms with Crippen LogP contribution in [0.25, 0.3) is 10.9 Å². The topological polar surface area (TPSA) is 86.1 Å². The van der Waals surface area contributed by atoms with Crippen molar-refractivity contribution in [1.29, 1.82) is 0 Å². The number of nitrogens with zero attached hydrogens (tertiary/aromatic N) is 3. The molecule has 0 aliphatic heterocycles. The van der Waals surface area contributed by atoms with Crippen molar-refractivity contribution in [3.8, 4) is 5.75 Å². The second-order valence-electron chi connectivity index (χ2n) is 7.36. The highest BCUT2D eigenvalue weighted by atomic mass is 127. The van der Waals surface area contributed by atoms with Crippen LogP contribution in [0.2, 0.25) is 0 Å². The minimum absolute atomic E-state index is 0.158. The molecule has 0 unspecified atom stereocenters. The zero-order valence-electron chi connectivity index (χ0n) is 17.5. The first-order chi connectivity index (χ1) is 15.8. The molecule has 0 radical (unpaired) electrons. The lowest BCUT2D eigenvalue weighted by Crippen LogP contribution is -2.26. The van der Waals surface area contributed by atoms with Crippen LogP contribution in [0.3, 0.4) is 0 Å². The Bertz CT molecular complexity index is 1420. The Hall–Kier alpha value is -2.86. The highest BCUT2D eigenvalue weighted by Crippen LogP contribution is 2.29. The van der Waals surface area contributed by atoms with Crippen molar-refractivity contribution in [2.24, 2.45) is 0 Å². The quantitative estimate of drug-likeness (QED) is 0.232. The summed E-state index contributed by atoms with van der Waals surface area (Å²) < 4.78 is 20.7. The molecular weight excluding hydrogens is 606 g/mol. The number of rotatable bonds is 5. The highest BCUT2D eigenvalue weighted by molar-refractivity contribution is 14.1. The smallest absolute Gasteiger partial charge is 0.274 e. The Balaban J connectivity index is 1.75. The van der Waals surface area contributed by atoms with Gasteiger partial charge in [-0.3, -0.25) is 14.2 Å². The van der Waals surface area contributed by atoms with E-state index in [-0.39, 0.29) is 22.5 Å². The largest absolute Gasteiger partial charge is 0.424 e. The second-order valence-corrected chi connectivity index (χ2v) is 8.55. The average molecular weight is 623 g/mol. The van der Waals surface area contributed by atoms with Gasteiger partial charge in [-0.15, -0.1) is 0 Å². The number of carbonyl (C=O) groups excluding carboxylic acids is 1. The Morgan fingerprint density at radius 2 is 2.00 bits per heavy atom. The molecule has 33 heavy (non-hydrogen) atoms. The summed E-state index contributed by atoms with van der Waals surface area (Å²) in [5, 5.41) is 3.02. The van der Waals surface area contributed by atoms with E-state index in [4.69, 9.17) is 3.07 Å². The van der Waals surface area contributed by atoms with E-state index in [9.17, 15) is 14.0 Å². The summed E-state index contributed by atoms with van der Waals surface area (Å²) in [5.41, 5.74) is 1.89. The number of hydrogen-bond acceptors (Lipinski definition) is 5. The number of amides is 1. The zero-order valence-corrected chi connectivity index (χ0v) is 21.2. The van der Waals surface area contributed by atoms with Crippen LogP contribution in [-0.2, 0) is 0 Å². The fraction of sp³-hybridized carbons (Fsp3) is 0.130. The lowest BCUT2D eigenvalue weighted by Gasteiger charge is -2.17. The first-order valence-corrected chi connectivity index (χ1v) is 11.5. The molecule has 1 N–H and O–H groups in total. The maximum Gasteiger partial charge on any atom is 0.274 e. The minimum atomic E-state index is -0.487. The predicted molar refractivity (Wildman–Crippen MR) is 135 cm³/mol. The van der Waals surface area contributed by atoms with E-state index in [1.165, 1.54) is 23.0 Å². The van der Waals surface area contributed by atoms with Gasteiger partial charge in [0, 0.05) is 0 Å². The molecule has 0 spiro atoms. The van der Waals surface area contributed by atoms with Gasteiger partial charge in [0.1, 0.15) is 16.1 Å². The number of halogens is 3. The number of hydrogen-bond donors (Lipinski definition) is 1. The SMILES string of the molecule is Cc1cc(C(=O)Nc2cccc3ncn([C@@H](C)c4cccc(F)c4)c(=O)c23)nc(Br)c1OI. The molecule has 4 rings (SSSR count). The van der Waals surface area contributed by atoms with Crippen LogP contribution < -0.4 is 13.9 Å². The first kappa shape index (κ1) is 23.3. The average Bonchev–Trinajstić information content (AvgIpc) is 2.78. The van der Waals surface area contributed by atoms with E-state index in [1.54, 1.807) is 73.3 Å². The molecule has 7 nitrogen and oxygen atoms in total. The van der Waals surface area contributed by atoms with Crippen LogP contribution in [0, 0.1) is 12.7 Å². The van der Waals surface area contributed by atoms with Gasteiger partial charge in [0.05, 0.1) is 29.0 Å². The van der Waals surface area contributed by atoms with Gasteiger partial charge in [-0.25, -0.2) is 14.4 Å². The molecule has 2 aromatic heterocycles. The fourth-order valence-corrected chi connectivity index (χ4v) is 4.95. The number of pyridine rings is 1. The summed E-state index contributed by atoms with van der Waals surface area (Å²) in [6.07, 6.45) is 1.43. The number of benzene rings is 2. The van der Waals surface area contributed by atoms with Crippen molar-refractivity contribution >= 4 is 61.4 Å². The number of aryl methyl sites for hydroxylation is 1. The number of nitrogens with one attached hydrogen (secondary N) is 1. The predicted octanol–water partition coefficient (Wildman–Crippen LogP) is 5.59. The Labute approximate surface area is 210 Å². The van der Waals surface area contributed by atoms with Gasteiger partial charge >= 0.3 is 0 Å². The standard InChI is InChI=1S/C23H17BrFIN4O3/c1-12-9-18(28-21(24)20(12)33-26)22(31)29-17-8-4-7-16-19(17)23(32)30(11-27-16)13(2)14-5-3-6-15(25)10-14/h3-11,13H,1-2H3,(H,29,31)/t13-/m0/s1. The van der Waals surface area contributed by atoms with Crippen molar-refractivity contribution < 1.29 is 12.3 Å². The van der Waals surface area contributed by atoms with Crippen molar-refractivity contribution in [3.05, 3.63) is 92.5 Å². The molecule has 0 fully saturated rings. The summed E-state index contributed by atoms with van der Waals surface area (Å²) >= 11 is 5.05. The lowest BCUT2D eigenvalue weighted by atomic mass is 10.1. The Kier molecular flexibility index (Phi) is 6.75. The van der Waals surface area contributed by atoms with Gasteiger partial charge in [-0.2, -0.15) is 0 Å². The van der Waals surface area contributed by atoms with Crippen molar-refractivity contribution in [2.75, 3.05) is 5.32 Å². The molecular formula is C23H17BrFIN4O3. The van der Waals surface area contributed by atoms with Crippen LogP contribution in [0.15, 0.2) is 64.3 Å². The van der Waals surface area contributed by atoms with Gasteiger partial charge in [0.25, 0.3) is 11.5 Å². The van der Waals surface area contributed by atoms with Gasteiger partial charge in [-0.1, -0.05) is 18.2 Å². The second kappa shape index (κ2) is 9.56. The molecule has 0 aliphatic carbocycles. The van der Waals surface area contributed by atoms with E-state index < -0.39 is 11.9 Å². The summed E-state index contributed by atoms with van der Waals surface area (Å²) in [4.78, 5) is 35.0. The van der Waals surface area contributed by atoms with E-state index in [1.807, 2.05) is 0 Å². The van der Waals surface area contributed by atoms with Gasteiger partial charge in [-0.05, 0) is 71.2 Å².